The van der Waals surface area contributed by atoms with E-state index in [1.54, 1.807) is 0 Å². The number of rotatable bonds is 13. The number of benzene rings is 1. The first-order valence-corrected chi connectivity index (χ1v) is 9.45. The molecule has 0 bridgehead atoms. The van der Waals surface area contributed by atoms with Crippen molar-refractivity contribution in [2.24, 2.45) is 0 Å². The topological polar surface area (TPSA) is 3.24 Å². The van der Waals surface area contributed by atoms with Crippen LogP contribution >= 0.6 is 0 Å². The van der Waals surface area contributed by atoms with Gasteiger partial charge < -0.3 is 4.90 Å². The average molecular weight is 304 g/mol. The van der Waals surface area contributed by atoms with E-state index in [9.17, 15) is 0 Å². The van der Waals surface area contributed by atoms with Crippen molar-refractivity contribution >= 4 is 0 Å². The Morgan fingerprint density at radius 1 is 0.727 bits per heavy atom. The van der Waals surface area contributed by atoms with Gasteiger partial charge in [-0.15, -0.1) is 0 Å². The van der Waals surface area contributed by atoms with Gasteiger partial charge in [-0.3, -0.25) is 0 Å². The van der Waals surface area contributed by atoms with Crippen LogP contribution in [0, 0.1) is 0 Å². The predicted molar refractivity (Wildman–Crippen MR) is 99.4 cm³/mol. The van der Waals surface area contributed by atoms with E-state index in [0.29, 0.717) is 0 Å². The number of hydrogen-bond acceptors (Lipinski definition) is 1. The molecular formula is C21H37N. The van der Waals surface area contributed by atoms with Crippen LogP contribution in [-0.4, -0.2) is 19.0 Å². The van der Waals surface area contributed by atoms with Gasteiger partial charge in [0.2, 0.25) is 0 Å². The van der Waals surface area contributed by atoms with E-state index >= 15 is 0 Å². The van der Waals surface area contributed by atoms with E-state index in [2.05, 4.69) is 50.2 Å². The molecule has 0 aliphatic rings. The maximum Gasteiger partial charge on any atom is 0.0227 e. The average Bonchev–Trinajstić information content (AvgIpc) is 2.49. The molecule has 1 aromatic carbocycles. The Balaban J connectivity index is 2.02. The summed E-state index contributed by atoms with van der Waals surface area (Å²) in [6.07, 6.45) is 15.4. The van der Waals surface area contributed by atoms with Crippen molar-refractivity contribution in [2.75, 3.05) is 14.1 Å². The van der Waals surface area contributed by atoms with Gasteiger partial charge in [-0.1, -0.05) is 89.0 Å². The molecule has 0 fully saturated rings. The smallest absolute Gasteiger partial charge is 0.0227 e. The van der Waals surface area contributed by atoms with Crippen LogP contribution in [0.15, 0.2) is 24.3 Å². The Labute approximate surface area is 139 Å². The van der Waals surface area contributed by atoms with Gasteiger partial charge >= 0.3 is 0 Å². The van der Waals surface area contributed by atoms with Crippen LogP contribution in [0.4, 0.5) is 0 Å². The zero-order valence-corrected chi connectivity index (χ0v) is 15.2. The Kier molecular flexibility index (Phi) is 11.1. The molecule has 0 saturated carbocycles. The van der Waals surface area contributed by atoms with Gasteiger partial charge in [0.15, 0.2) is 0 Å². The standard InChI is InChI=1S/C21H37N/c1-4-5-6-7-8-9-10-11-12-13-15-20-16-14-17-21(18-20)19-22(2)3/h14,16-18H,4-13,15,19H2,1-3H3. The van der Waals surface area contributed by atoms with Crippen LogP contribution in [0.1, 0.15) is 82.3 Å². The van der Waals surface area contributed by atoms with Crippen LogP contribution in [0.5, 0.6) is 0 Å². The lowest BCUT2D eigenvalue weighted by Crippen LogP contribution is -2.10. The molecule has 0 saturated heterocycles. The maximum atomic E-state index is 2.38. The highest BCUT2D eigenvalue weighted by Crippen LogP contribution is 2.13. The lowest BCUT2D eigenvalue weighted by Gasteiger charge is -2.10. The van der Waals surface area contributed by atoms with Crippen molar-refractivity contribution < 1.29 is 0 Å². The van der Waals surface area contributed by atoms with Gasteiger partial charge in [-0.05, 0) is 38.1 Å². The zero-order chi connectivity index (χ0) is 16.0. The van der Waals surface area contributed by atoms with Crippen LogP contribution in [0.2, 0.25) is 0 Å². The number of unbranched alkanes of at least 4 members (excludes halogenated alkanes) is 9. The van der Waals surface area contributed by atoms with Gasteiger partial charge in [-0.25, -0.2) is 0 Å². The van der Waals surface area contributed by atoms with Crippen LogP contribution in [0.3, 0.4) is 0 Å². The number of aryl methyl sites for hydroxylation is 1. The van der Waals surface area contributed by atoms with Crippen molar-refractivity contribution in [3.8, 4) is 0 Å². The quantitative estimate of drug-likeness (QED) is 0.391. The molecule has 0 N–H and O–H groups in total. The summed E-state index contributed by atoms with van der Waals surface area (Å²) >= 11 is 0. The first-order valence-electron chi connectivity index (χ1n) is 9.45. The summed E-state index contributed by atoms with van der Waals surface area (Å²) in [7, 11) is 4.27. The van der Waals surface area contributed by atoms with Crippen LogP contribution in [0.25, 0.3) is 0 Å². The van der Waals surface area contributed by atoms with Crippen molar-refractivity contribution in [3.63, 3.8) is 0 Å². The largest absolute Gasteiger partial charge is 0.305 e. The Hall–Kier alpha value is -0.820. The lowest BCUT2D eigenvalue weighted by atomic mass is 10.0. The van der Waals surface area contributed by atoms with Crippen molar-refractivity contribution in [3.05, 3.63) is 35.4 Å². The molecule has 0 heterocycles. The molecule has 1 aromatic rings. The summed E-state index contributed by atoms with van der Waals surface area (Å²) < 4.78 is 0. The van der Waals surface area contributed by atoms with E-state index in [-0.39, 0.29) is 0 Å². The normalized spacial score (nSPS) is 11.3. The SMILES string of the molecule is CCCCCCCCCCCCc1cccc(CN(C)C)c1. The lowest BCUT2D eigenvalue weighted by molar-refractivity contribution is 0.402. The third-order valence-electron chi connectivity index (χ3n) is 4.31. The fourth-order valence-electron chi connectivity index (χ4n) is 3.07. The number of hydrogen-bond donors (Lipinski definition) is 0. The Morgan fingerprint density at radius 3 is 1.86 bits per heavy atom. The molecule has 0 aliphatic carbocycles. The van der Waals surface area contributed by atoms with Crippen molar-refractivity contribution in [1.29, 1.82) is 0 Å². The molecule has 0 unspecified atom stereocenters. The number of nitrogens with zero attached hydrogens (tertiary/aromatic N) is 1. The molecule has 0 atom stereocenters. The Morgan fingerprint density at radius 2 is 1.27 bits per heavy atom. The summed E-state index contributed by atoms with van der Waals surface area (Å²) in [5, 5.41) is 0. The monoisotopic (exact) mass is 303 g/mol. The first-order chi connectivity index (χ1) is 10.7. The van der Waals surface area contributed by atoms with Crippen molar-refractivity contribution in [2.45, 2.75) is 84.1 Å². The maximum absolute atomic E-state index is 2.38. The third kappa shape index (κ3) is 10.00. The minimum atomic E-state index is 1.05. The van der Waals surface area contributed by atoms with E-state index in [1.165, 1.54) is 81.8 Å². The molecular weight excluding hydrogens is 266 g/mol. The van der Waals surface area contributed by atoms with Gasteiger partial charge in [0.1, 0.15) is 0 Å². The molecule has 0 radical (unpaired) electrons. The second kappa shape index (κ2) is 12.7. The summed E-state index contributed by atoms with van der Waals surface area (Å²) in [4.78, 5) is 2.24. The van der Waals surface area contributed by atoms with E-state index in [0.717, 1.165) is 6.54 Å². The zero-order valence-electron chi connectivity index (χ0n) is 15.2. The minimum Gasteiger partial charge on any atom is -0.305 e. The van der Waals surface area contributed by atoms with Crippen LogP contribution < -0.4 is 0 Å². The summed E-state index contributed by atoms with van der Waals surface area (Å²) in [6, 6.07) is 9.12. The molecule has 126 valence electrons. The summed E-state index contributed by atoms with van der Waals surface area (Å²) in [6.45, 7) is 3.34. The van der Waals surface area contributed by atoms with Crippen LogP contribution in [-0.2, 0) is 13.0 Å². The van der Waals surface area contributed by atoms with E-state index in [4.69, 9.17) is 0 Å². The molecule has 22 heavy (non-hydrogen) atoms. The fourth-order valence-corrected chi connectivity index (χ4v) is 3.07. The first kappa shape index (κ1) is 19.2. The fraction of sp³-hybridized carbons (Fsp3) is 0.714. The molecule has 1 heteroatoms. The Bertz CT molecular complexity index is 370. The summed E-state index contributed by atoms with van der Waals surface area (Å²) in [5.74, 6) is 0. The van der Waals surface area contributed by atoms with Gasteiger partial charge in [0, 0.05) is 6.54 Å². The second-order valence-corrected chi connectivity index (χ2v) is 6.99. The summed E-state index contributed by atoms with van der Waals surface area (Å²) in [5.41, 5.74) is 2.95. The molecule has 1 nitrogen and oxygen atoms in total. The molecule has 0 aromatic heterocycles. The highest BCUT2D eigenvalue weighted by Gasteiger charge is 1.98. The van der Waals surface area contributed by atoms with Crippen molar-refractivity contribution in [1.82, 2.24) is 4.90 Å². The molecule has 0 aliphatic heterocycles. The molecule has 0 spiro atoms. The highest BCUT2D eigenvalue weighted by molar-refractivity contribution is 5.23. The minimum absolute atomic E-state index is 1.05. The molecule has 0 amide bonds. The van der Waals surface area contributed by atoms with Gasteiger partial charge in [0.05, 0.1) is 0 Å². The highest BCUT2D eigenvalue weighted by atomic mass is 15.0. The molecule has 1 rings (SSSR count). The van der Waals surface area contributed by atoms with Gasteiger partial charge in [-0.2, -0.15) is 0 Å². The van der Waals surface area contributed by atoms with E-state index < -0.39 is 0 Å². The second-order valence-electron chi connectivity index (χ2n) is 6.99. The van der Waals surface area contributed by atoms with E-state index in [1.807, 2.05) is 0 Å². The predicted octanol–water partition coefficient (Wildman–Crippen LogP) is 6.21. The third-order valence-corrected chi connectivity index (χ3v) is 4.31. The van der Waals surface area contributed by atoms with Gasteiger partial charge in [0.25, 0.3) is 0 Å².